The van der Waals surface area contributed by atoms with Gasteiger partial charge in [0.1, 0.15) is 6.10 Å². The summed E-state index contributed by atoms with van der Waals surface area (Å²) >= 11 is 0. The normalized spacial score (nSPS) is 30.4. The molecule has 1 amide bonds. The maximum absolute atomic E-state index is 12.7. The molecular formula is C20H31N3O2. The summed E-state index contributed by atoms with van der Waals surface area (Å²) in [7, 11) is 1.94. The van der Waals surface area contributed by atoms with Crippen molar-refractivity contribution in [2.75, 3.05) is 20.1 Å². The first-order chi connectivity index (χ1) is 12.1. The van der Waals surface area contributed by atoms with Crippen LogP contribution < -0.4 is 5.73 Å². The second-order valence-electron chi connectivity index (χ2n) is 7.49. The first-order valence-electron chi connectivity index (χ1n) is 9.48. The molecule has 2 fully saturated rings. The fourth-order valence-electron chi connectivity index (χ4n) is 4.07. The highest BCUT2D eigenvalue weighted by molar-refractivity contribution is 5.81. The van der Waals surface area contributed by atoms with E-state index in [0.717, 1.165) is 38.8 Å². The van der Waals surface area contributed by atoms with Crippen LogP contribution in [0, 0.1) is 0 Å². The lowest BCUT2D eigenvalue weighted by Crippen LogP contribution is -2.51. The van der Waals surface area contributed by atoms with Crippen molar-refractivity contribution in [3.8, 4) is 0 Å². The molecule has 5 heteroatoms. The standard InChI is InChI=1S/C20H31N3O2/c1-15-12-17(10-11-23(15)14-16-6-4-3-5-7-16)22(2)20(24)19-9-8-18(13-21)25-19/h3-7,15,17-19H,8-14,21H2,1-2H3/t15?,17?,18-,19+/m1/s1. The van der Waals surface area contributed by atoms with Crippen molar-refractivity contribution in [1.82, 2.24) is 9.80 Å². The average Bonchev–Trinajstić information content (AvgIpc) is 3.12. The van der Waals surface area contributed by atoms with Gasteiger partial charge in [0.15, 0.2) is 0 Å². The highest BCUT2D eigenvalue weighted by Crippen LogP contribution is 2.26. The Balaban J connectivity index is 1.52. The van der Waals surface area contributed by atoms with Gasteiger partial charge in [0.25, 0.3) is 5.91 Å². The summed E-state index contributed by atoms with van der Waals surface area (Å²) in [4.78, 5) is 17.2. The predicted octanol–water partition coefficient (Wildman–Crippen LogP) is 2.00. The topological polar surface area (TPSA) is 58.8 Å². The molecule has 2 saturated heterocycles. The van der Waals surface area contributed by atoms with Crippen LogP contribution in [0.15, 0.2) is 30.3 Å². The number of nitrogens with zero attached hydrogens (tertiary/aromatic N) is 2. The Morgan fingerprint density at radius 2 is 2.04 bits per heavy atom. The molecule has 3 rings (SSSR count). The van der Waals surface area contributed by atoms with E-state index in [4.69, 9.17) is 10.5 Å². The largest absolute Gasteiger partial charge is 0.364 e. The van der Waals surface area contributed by atoms with Crippen LogP contribution in [0.4, 0.5) is 0 Å². The second kappa shape index (κ2) is 8.30. The fraction of sp³-hybridized carbons (Fsp3) is 0.650. The molecule has 5 nitrogen and oxygen atoms in total. The summed E-state index contributed by atoms with van der Waals surface area (Å²) in [5, 5.41) is 0. The smallest absolute Gasteiger partial charge is 0.251 e. The summed E-state index contributed by atoms with van der Waals surface area (Å²) in [5.41, 5.74) is 7.01. The van der Waals surface area contributed by atoms with Crippen LogP contribution in [0.5, 0.6) is 0 Å². The molecule has 1 aromatic carbocycles. The Morgan fingerprint density at radius 1 is 1.28 bits per heavy atom. The third kappa shape index (κ3) is 4.40. The van der Waals surface area contributed by atoms with E-state index < -0.39 is 0 Å². The minimum Gasteiger partial charge on any atom is -0.364 e. The Bertz CT molecular complexity index is 565. The van der Waals surface area contributed by atoms with E-state index in [0.29, 0.717) is 18.6 Å². The van der Waals surface area contributed by atoms with E-state index in [1.165, 1.54) is 5.56 Å². The van der Waals surface area contributed by atoms with Crippen molar-refractivity contribution < 1.29 is 9.53 Å². The fourth-order valence-corrected chi connectivity index (χ4v) is 4.07. The number of hydrogen-bond acceptors (Lipinski definition) is 4. The molecule has 0 radical (unpaired) electrons. The van der Waals surface area contributed by atoms with Gasteiger partial charge in [0.05, 0.1) is 6.10 Å². The monoisotopic (exact) mass is 345 g/mol. The van der Waals surface area contributed by atoms with Gasteiger partial charge in [-0.1, -0.05) is 30.3 Å². The Hall–Kier alpha value is -1.43. The van der Waals surface area contributed by atoms with Gasteiger partial charge in [-0.15, -0.1) is 0 Å². The molecule has 2 aliphatic heterocycles. The van der Waals surface area contributed by atoms with Crippen LogP contribution in [0.1, 0.15) is 38.2 Å². The number of amides is 1. The number of carbonyl (C=O) groups excluding carboxylic acids is 1. The van der Waals surface area contributed by atoms with Crippen LogP contribution >= 0.6 is 0 Å². The van der Waals surface area contributed by atoms with E-state index in [1.807, 2.05) is 11.9 Å². The molecule has 2 N–H and O–H groups in total. The maximum Gasteiger partial charge on any atom is 0.251 e. The molecule has 1 aromatic rings. The summed E-state index contributed by atoms with van der Waals surface area (Å²) in [6, 6.07) is 11.4. The van der Waals surface area contributed by atoms with E-state index in [-0.39, 0.29) is 18.1 Å². The zero-order valence-corrected chi connectivity index (χ0v) is 15.4. The van der Waals surface area contributed by atoms with Crippen molar-refractivity contribution in [2.24, 2.45) is 5.73 Å². The zero-order chi connectivity index (χ0) is 17.8. The Kier molecular flexibility index (Phi) is 6.10. The van der Waals surface area contributed by atoms with Gasteiger partial charge < -0.3 is 15.4 Å². The summed E-state index contributed by atoms with van der Waals surface area (Å²) < 4.78 is 5.78. The lowest BCUT2D eigenvalue weighted by atomic mass is 9.96. The molecule has 0 aromatic heterocycles. The van der Waals surface area contributed by atoms with E-state index in [9.17, 15) is 4.79 Å². The number of ether oxygens (including phenoxy) is 1. The van der Waals surface area contributed by atoms with E-state index in [1.54, 1.807) is 0 Å². The van der Waals surface area contributed by atoms with Gasteiger partial charge in [0.2, 0.25) is 0 Å². The van der Waals surface area contributed by atoms with Gasteiger partial charge >= 0.3 is 0 Å². The third-order valence-corrected chi connectivity index (χ3v) is 5.76. The van der Waals surface area contributed by atoms with E-state index in [2.05, 4.69) is 42.2 Å². The van der Waals surface area contributed by atoms with Crippen molar-refractivity contribution in [2.45, 2.75) is 63.4 Å². The van der Waals surface area contributed by atoms with Gasteiger partial charge in [-0.05, 0) is 38.2 Å². The number of hydrogen-bond donors (Lipinski definition) is 1. The maximum atomic E-state index is 12.7. The molecule has 25 heavy (non-hydrogen) atoms. The van der Waals surface area contributed by atoms with Crippen molar-refractivity contribution in [3.63, 3.8) is 0 Å². The lowest BCUT2D eigenvalue weighted by molar-refractivity contribution is -0.144. The quantitative estimate of drug-likeness (QED) is 0.887. The predicted molar refractivity (Wildman–Crippen MR) is 99.1 cm³/mol. The Labute approximate surface area is 151 Å². The molecule has 2 heterocycles. The molecule has 0 spiro atoms. The van der Waals surface area contributed by atoms with Gasteiger partial charge in [0, 0.05) is 38.8 Å². The average molecular weight is 345 g/mol. The first kappa shape index (κ1) is 18.4. The van der Waals surface area contributed by atoms with Gasteiger partial charge in [-0.3, -0.25) is 9.69 Å². The lowest BCUT2D eigenvalue weighted by Gasteiger charge is -2.41. The number of benzene rings is 1. The third-order valence-electron chi connectivity index (χ3n) is 5.76. The molecular weight excluding hydrogens is 314 g/mol. The number of carbonyl (C=O) groups is 1. The van der Waals surface area contributed by atoms with Gasteiger partial charge in [-0.2, -0.15) is 0 Å². The van der Waals surface area contributed by atoms with Crippen molar-refractivity contribution in [3.05, 3.63) is 35.9 Å². The summed E-state index contributed by atoms with van der Waals surface area (Å²) in [6.45, 7) is 4.78. The van der Waals surface area contributed by atoms with Crippen LogP contribution in [0.3, 0.4) is 0 Å². The number of likely N-dealkylation sites (tertiary alicyclic amines) is 1. The molecule has 2 unspecified atom stereocenters. The van der Waals surface area contributed by atoms with Gasteiger partial charge in [-0.25, -0.2) is 0 Å². The van der Waals surface area contributed by atoms with Crippen molar-refractivity contribution >= 4 is 5.91 Å². The van der Waals surface area contributed by atoms with E-state index >= 15 is 0 Å². The number of nitrogens with two attached hydrogens (primary N) is 1. The van der Waals surface area contributed by atoms with Crippen molar-refractivity contribution in [1.29, 1.82) is 0 Å². The minimum atomic E-state index is -0.295. The molecule has 4 atom stereocenters. The molecule has 0 bridgehead atoms. The highest BCUT2D eigenvalue weighted by Gasteiger charge is 2.36. The molecule has 138 valence electrons. The van der Waals surface area contributed by atoms with Crippen LogP contribution in [0.2, 0.25) is 0 Å². The minimum absolute atomic E-state index is 0.0500. The molecule has 0 aliphatic carbocycles. The summed E-state index contributed by atoms with van der Waals surface area (Å²) in [5.74, 6) is 0.129. The molecule has 2 aliphatic rings. The zero-order valence-electron chi connectivity index (χ0n) is 15.4. The highest BCUT2D eigenvalue weighted by atomic mass is 16.5. The summed E-state index contributed by atoms with van der Waals surface area (Å²) in [6.07, 6.45) is 3.49. The Morgan fingerprint density at radius 3 is 2.68 bits per heavy atom. The SMILES string of the molecule is CC1CC(N(C)C(=O)[C@@H]2CC[C@H](CN)O2)CCN1Cc1ccccc1. The van der Waals surface area contributed by atoms with Crippen LogP contribution in [0.25, 0.3) is 0 Å². The number of piperidine rings is 1. The first-order valence-corrected chi connectivity index (χ1v) is 9.48. The number of likely N-dealkylation sites (N-methyl/N-ethyl adjacent to an activating group) is 1. The van der Waals surface area contributed by atoms with Crippen LogP contribution in [-0.2, 0) is 16.1 Å². The van der Waals surface area contributed by atoms with Crippen LogP contribution in [-0.4, -0.2) is 60.1 Å². The second-order valence-corrected chi connectivity index (χ2v) is 7.49. The molecule has 0 saturated carbocycles. The number of rotatable bonds is 5.